The molecule has 0 aliphatic carbocycles. The van der Waals surface area contributed by atoms with E-state index in [0.29, 0.717) is 6.42 Å². The van der Waals surface area contributed by atoms with E-state index in [0.717, 1.165) is 0 Å². The number of hydrogen-bond donors (Lipinski definition) is 2. The number of nitrogens with zero attached hydrogens (tertiary/aromatic N) is 3. The first-order valence-corrected chi connectivity index (χ1v) is 21.5. The largest absolute Gasteiger partial charge is 0.458 e. The molecule has 4 aliphatic heterocycles. The molecule has 4 saturated heterocycles. The first-order valence-electron chi connectivity index (χ1n) is 21.5. The summed E-state index contributed by atoms with van der Waals surface area (Å²) in [6.45, 7) is 17.9. The molecular formula is C43H70AcN4O14. The van der Waals surface area contributed by atoms with Crippen molar-refractivity contribution < 1.29 is 111 Å². The smallest absolute Gasteiger partial charge is 0.419 e. The summed E-state index contributed by atoms with van der Waals surface area (Å²) in [6, 6.07) is -1.13. The molecule has 2 N–H and O–H groups in total. The monoisotopic (exact) mass is 1090 g/mol. The number of imidazole rings is 1. The van der Waals surface area contributed by atoms with E-state index in [1.807, 2.05) is 53.6 Å². The number of nitrogens with one attached hydrogen (secondary N) is 1. The molecule has 1 radical (unpaired) electrons. The summed E-state index contributed by atoms with van der Waals surface area (Å²) in [5.41, 5.74) is -3.78. The van der Waals surface area contributed by atoms with Crippen LogP contribution in [0.3, 0.4) is 0 Å². The molecule has 1 aromatic heterocycles. The van der Waals surface area contributed by atoms with E-state index in [1.165, 1.54) is 37.5 Å². The van der Waals surface area contributed by atoms with Crippen LogP contribution in [0.5, 0.6) is 0 Å². The maximum atomic E-state index is 14.6. The SMILES string of the molecule is CC[C@H]1OC(=O)C(C)C(OC2CC(C)(OC)C(OC(=O)n3ccnc3)C(C)O2)C(C)C(OC2OC(C)CC(N(C)C)C2O)C(C)(OC)CC(C)C(=O)C(C)C2NC(=O)OC21C.[Ac]. The molecule has 0 spiro atoms. The third kappa shape index (κ3) is 10.9. The van der Waals surface area contributed by atoms with Crippen LogP contribution >= 0.6 is 0 Å². The molecule has 1 amide bonds. The predicted molar refractivity (Wildman–Crippen MR) is 218 cm³/mol. The number of esters is 1. The molecule has 18 nitrogen and oxygen atoms in total. The molecule has 18 atom stereocenters. The van der Waals surface area contributed by atoms with Crippen LogP contribution in [0, 0.1) is 67.7 Å². The van der Waals surface area contributed by atoms with E-state index in [9.17, 15) is 24.3 Å². The van der Waals surface area contributed by atoms with Crippen molar-refractivity contribution >= 4 is 23.9 Å². The van der Waals surface area contributed by atoms with Gasteiger partial charge in [-0.05, 0) is 74.9 Å². The summed E-state index contributed by atoms with van der Waals surface area (Å²) in [7, 11) is 6.80. The van der Waals surface area contributed by atoms with Gasteiger partial charge in [-0.15, -0.1) is 0 Å². The fourth-order valence-electron chi connectivity index (χ4n) is 10.1. The molecule has 19 heteroatoms. The van der Waals surface area contributed by atoms with E-state index in [-0.39, 0.29) is 81.3 Å². The van der Waals surface area contributed by atoms with Gasteiger partial charge in [0.1, 0.15) is 29.9 Å². The summed E-state index contributed by atoms with van der Waals surface area (Å²) in [4.78, 5) is 61.0. The molecule has 349 valence electrons. The number of alkyl carbamates (subject to hydrolysis) is 1. The van der Waals surface area contributed by atoms with E-state index in [4.69, 9.17) is 42.6 Å². The number of methoxy groups -OCH3 is 2. The van der Waals surface area contributed by atoms with Crippen molar-refractivity contribution in [1.29, 1.82) is 0 Å². The Hall–Kier alpha value is -1.79. The van der Waals surface area contributed by atoms with Crippen LogP contribution in [0.1, 0.15) is 94.9 Å². The maximum Gasteiger partial charge on any atom is 0.419 e. The van der Waals surface area contributed by atoms with Gasteiger partial charge in [-0.1, -0.05) is 27.7 Å². The Morgan fingerprint density at radius 3 is 2.19 bits per heavy atom. The number of amides is 1. The van der Waals surface area contributed by atoms with Crippen molar-refractivity contribution in [2.45, 2.75) is 179 Å². The molecular weight excluding hydrogens is 1020 g/mol. The quantitative estimate of drug-likeness (QED) is 0.264. The predicted octanol–water partition coefficient (Wildman–Crippen LogP) is 4.08. The van der Waals surface area contributed by atoms with Gasteiger partial charge in [-0.3, -0.25) is 9.59 Å². The van der Waals surface area contributed by atoms with Crippen molar-refractivity contribution in [1.82, 2.24) is 19.8 Å². The second-order valence-corrected chi connectivity index (χ2v) is 18.5. The minimum Gasteiger partial charge on any atom is -0.458 e. The van der Waals surface area contributed by atoms with Crippen LogP contribution in [0.2, 0.25) is 0 Å². The van der Waals surface area contributed by atoms with E-state index in [2.05, 4.69) is 10.3 Å². The summed E-state index contributed by atoms with van der Waals surface area (Å²) < 4.78 is 58.3. The third-order valence-corrected chi connectivity index (χ3v) is 13.8. The number of rotatable bonds is 9. The zero-order chi connectivity index (χ0) is 45.4. The molecule has 4 fully saturated rings. The van der Waals surface area contributed by atoms with Crippen molar-refractivity contribution in [3.8, 4) is 0 Å². The number of fused-ring (bicyclic) bond motifs is 1. The van der Waals surface area contributed by atoms with Crippen LogP contribution in [0.15, 0.2) is 18.7 Å². The number of ether oxygens (including phenoxy) is 9. The average molecular weight is 1090 g/mol. The van der Waals surface area contributed by atoms with Crippen LogP contribution in [0.25, 0.3) is 0 Å². The molecule has 17 unspecified atom stereocenters. The first-order chi connectivity index (χ1) is 28.5. The Kier molecular flexibility index (Phi) is 18.1. The van der Waals surface area contributed by atoms with E-state index < -0.39 is 114 Å². The number of aliphatic hydroxyl groups is 1. The molecule has 5 heterocycles. The Morgan fingerprint density at radius 2 is 1.61 bits per heavy atom. The molecule has 0 aromatic carbocycles. The van der Waals surface area contributed by atoms with Gasteiger partial charge in [0.05, 0.1) is 42.0 Å². The molecule has 5 rings (SSSR count). The molecule has 62 heavy (non-hydrogen) atoms. The number of ketones is 1. The summed E-state index contributed by atoms with van der Waals surface area (Å²) in [6.07, 6.45) is -4.18. The van der Waals surface area contributed by atoms with Gasteiger partial charge >= 0.3 is 18.2 Å². The fourth-order valence-corrected chi connectivity index (χ4v) is 10.1. The number of carbonyl (C=O) groups is 4. The average Bonchev–Trinajstić information content (AvgIpc) is 3.86. The Labute approximate surface area is 401 Å². The fraction of sp³-hybridized carbons (Fsp3) is 0.837. The zero-order valence-corrected chi connectivity index (χ0v) is 43.6. The minimum atomic E-state index is -1.39. The number of hydrogen-bond acceptors (Lipinski definition) is 16. The van der Waals surface area contributed by atoms with Gasteiger partial charge in [-0.25, -0.2) is 19.1 Å². The standard InChI is InChI=1S/C43H70N4O14.Ac/c1-15-29-43(10)34(45-39(51)61-43)24(4)31(48)22(2)19-41(8,53-13)35(59-38-32(49)28(46(11)12)18-23(3)55-38)25(5)33(26(6)37(50)57-29)58-30-20-42(9,54-14)36(27(7)56-30)60-40(52)47-17-16-44-21-47;/h16-17,21-30,32-36,38,49H,15,18-20H2,1-14H3,(H,45,51);/t22?,23?,24?,25?,26?,27?,28?,29-,30?,32?,33?,34?,35?,36?,38?,41?,42?,43?;/m1./s1. The van der Waals surface area contributed by atoms with Crippen molar-refractivity contribution in [3.63, 3.8) is 0 Å². The summed E-state index contributed by atoms with van der Waals surface area (Å²) in [5.74, 6) is -3.98. The van der Waals surface area contributed by atoms with Crippen LogP contribution < -0.4 is 5.32 Å². The molecule has 0 saturated carbocycles. The maximum absolute atomic E-state index is 14.6. The van der Waals surface area contributed by atoms with Gasteiger partial charge in [0.2, 0.25) is 0 Å². The Bertz CT molecular complexity index is 1690. The van der Waals surface area contributed by atoms with Crippen molar-refractivity contribution in [2.24, 2.45) is 23.7 Å². The van der Waals surface area contributed by atoms with E-state index in [1.54, 1.807) is 34.6 Å². The van der Waals surface area contributed by atoms with Crippen molar-refractivity contribution in [2.75, 3.05) is 28.3 Å². The van der Waals surface area contributed by atoms with Crippen LogP contribution in [-0.4, -0.2) is 156 Å². The number of likely N-dealkylation sites (N-methyl/N-ethyl adjacent to an activating group) is 1. The van der Waals surface area contributed by atoms with Crippen LogP contribution in [0.4, 0.5) is 9.59 Å². The number of aromatic nitrogens is 2. The van der Waals surface area contributed by atoms with Gasteiger partial charge in [0.25, 0.3) is 0 Å². The van der Waals surface area contributed by atoms with Gasteiger partial charge in [0, 0.05) is 101 Å². The minimum absolute atomic E-state index is 0. The molecule has 4 aliphatic rings. The Morgan fingerprint density at radius 1 is 0.968 bits per heavy atom. The molecule has 0 bridgehead atoms. The number of carbonyl (C=O) groups excluding carboxylic acids is 4. The Balaban J connectivity index is 0.00000845. The number of Topliss-reactive ketones (excluding diaryl/α,β-unsaturated/α-hetero) is 1. The first kappa shape index (κ1) is 52.8. The zero-order valence-electron chi connectivity index (χ0n) is 38.9. The van der Waals surface area contributed by atoms with Crippen LogP contribution in [-0.2, 0) is 52.2 Å². The number of aliphatic hydroxyl groups excluding tert-OH is 1. The number of cyclic esters (lactones) is 1. The van der Waals surface area contributed by atoms with Gasteiger partial charge < -0.3 is 58.0 Å². The summed E-state index contributed by atoms with van der Waals surface area (Å²) in [5, 5.41) is 14.6. The van der Waals surface area contributed by atoms with Gasteiger partial charge in [-0.2, -0.15) is 0 Å². The summed E-state index contributed by atoms with van der Waals surface area (Å²) >= 11 is 0. The van der Waals surface area contributed by atoms with Gasteiger partial charge in [0.15, 0.2) is 24.3 Å². The van der Waals surface area contributed by atoms with Crippen molar-refractivity contribution in [3.05, 3.63) is 18.7 Å². The third-order valence-electron chi connectivity index (χ3n) is 13.8. The second-order valence-electron chi connectivity index (χ2n) is 18.5. The second kappa shape index (κ2) is 21.2. The van der Waals surface area contributed by atoms with E-state index >= 15 is 0 Å². The topological polar surface area (TPSA) is 205 Å². The normalized spacial score (nSPS) is 43.4. The molecule has 1 aromatic rings.